The first kappa shape index (κ1) is 19.5. The number of carbonyl (C=O) groups excluding carboxylic acids is 1. The second-order valence-electron chi connectivity index (χ2n) is 8.09. The minimum atomic E-state index is -0.326. The van der Waals surface area contributed by atoms with Crippen molar-refractivity contribution < 1.29 is 9.21 Å². The van der Waals surface area contributed by atoms with Crippen LogP contribution in [0.5, 0.6) is 0 Å². The van der Waals surface area contributed by atoms with E-state index in [0.29, 0.717) is 49.6 Å². The third-order valence-electron chi connectivity index (χ3n) is 5.42. The smallest absolute Gasteiger partial charge is 0.242 e. The number of nitriles is 1. The first-order valence-electron chi connectivity index (χ1n) is 10.3. The molecule has 0 radical (unpaired) electrons. The third kappa shape index (κ3) is 4.28. The Morgan fingerprint density at radius 3 is 2.48 bits per heavy atom. The monoisotopic (exact) mass is 393 g/mol. The Kier molecular flexibility index (Phi) is 5.54. The molecule has 0 bridgehead atoms. The normalized spacial score (nSPS) is 18.5. The van der Waals surface area contributed by atoms with Crippen molar-refractivity contribution in [3.05, 3.63) is 47.5 Å². The molecule has 1 saturated carbocycles. The molecule has 1 N–H and O–H groups in total. The van der Waals surface area contributed by atoms with E-state index in [1.165, 1.54) is 0 Å². The summed E-state index contributed by atoms with van der Waals surface area (Å²) in [7, 11) is 0. The second kappa shape index (κ2) is 8.26. The Bertz CT molecular complexity index is 890. The van der Waals surface area contributed by atoms with Gasteiger partial charge in [-0.2, -0.15) is 5.26 Å². The number of carbonyl (C=O) groups is 1. The Hall–Kier alpha value is -2.85. The molecular formula is C22H27N5O2. The highest BCUT2D eigenvalue weighted by atomic mass is 16.4. The molecule has 0 spiro atoms. The highest BCUT2D eigenvalue weighted by Crippen LogP contribution is 2.41. The van der Waals surface area contributed by atoms with Crippen molar-refractivity contribution in [3.63, 3.8) is 0 Å². The summed E-state index contributed by atoms with van der Waals surface area (Å²) in [5.41, 5.74) is 1.37. The molecule has 1 atom stereocenters. The lowest BCUT2D eigenvalue weighted by molar-refractivity contribution is -0.127. The molecule has 1 amide bonds. The van der Waals surface area contributed by atoms with Gasteiger partial charge in [0.1, 0.15) is 12.1 Å². The Labute approximate surface area is 171 Å². The Balaban J connectivity index is 1.49. The Morgan fingerprint density at radius 2 is 1.90 bits per heavy atom. The van der Waals surface area contributed by atoms with Gasteiger partial charge in [-0.3, -0.25) is 9.69 Å². The van der Waals surface area contributed by atoms with Gasteiger partial charge >= 0.3 is 0 Å². The van der Waals surface area contributed by atoms with Crippen molar-refractivity contribution in [1.29, 1.82) is 5.26 Å². The minimum absolute atomic E-state index is 0.0213. The number of nitrogens with zero attached hydrogens (tertiary/aromatic N) is 4. The van der Waals surface area contributed by atoms with Gasteiger partial charge in [-0.05, 0) is 32.3 Å². The van der Waals surface area contributed by atoms with E-state index in [4.69, 9.17) is 4.42 Å². The first-order valence-corrected chi connectivity index (χ1v) is 10.3. The maximum atomic E-state index is 13.0. The maximum Gasteiger partial charge on any atom is 0.242 e. The van der Waals surface area contributed by atoms with Gasteiger partial charge in [0, 0.05) is 38.1 Å². The third-order valence-corrected chi connectivity index (χ3v) is 5.42. The molecule has 2 heterocycles. The van der Waals surface area contributed by atoms with Gasteiger partial charge in [-0.1, -0.05) is 30.3 Å². The van der Waals surface area contributed by atoms with Crippen LogP contribution >= 0.6 is 0 Å². The van der Waals surface area contributed by atoms with Crippen LogP contribution in [0.3, 0.4) is 0 Å². The molecule has 4 rings (SSSR count). The molecule has 152 valence electrons. The second-order valence-corrected chi connectivity index (χ2v) is 8.09. The summed E-state index contributed by atoms with van der Waals surface area (Å²) < 4.78 is 5.94. The van der Waals surface area contributed by atoms with E-state index < -0.39 is 0 Å². The summed E-state index contributed by atoms with van der Waals surface area (Å²) in [6.07, 6.45) is 2.17. The van der Waals surface area contributed by atoms with E-state index >= 15 is 0 Å². The zero-order valence-electron chi connectivity index (χ0n) is 17.0. The molecule has 1 aliphatic heterocycles. The fourth-order valence-electron chi connectivity index (χ4n) is 3.83. The zero-order chi connectivity index (χ0) is 20.4. The van der Waals surface area contributed by atoms with E-state index in [0.717, 1.165) is 18.4 Å². The van der Waals surface area contributed by atoms with E-state index in [9.17, 15) is 10.1 Å². The number of aromatic nitrogens is 1. The molecule has 29 heavy (non-hydrogen) atoms. The van der Waals surface area contributed by atoms with Crippen LogP contribution in [0.1, 0.15) is 55.8 Å². The van der Waals surface area contributed by atoms with Gasteiger partial charge in [0.2, 0.25) is 23.4 Å². The molecular weight excluding hydrogens is 366 g/mol. The molecule has 2 aromatic rings. The van der Waals surface area contributed by atoms with Crippen molar-refractivity contribution >= 4 is 11.8 Å². The lowest BCUT2D eigenvalue weighted by Gasteiger charge is -2.38. The van der Waals surface area contributed by atoms with Gasteiger partial charge in [-0.25, -0.2) is 4.98 Å². The number of oxazole rings is 1. The van der Waals surface area contributed by atoms with Crippen LogP contribution in [-0.2, 0) is 4.79 Å². The summed E-state index contributed by atoms with van der Waals surface area (Å²) in [4.78, 5) is 21.6. The highest BCUT2D eigenvalue weighted by Gasteiger charge is 2.34. The number of anilines is 1. The average molecular weight is 393 g/mol. The molecule has 2 aliphatic rings. The summed E-state index contributed by atoms with van der Waals surface area (Å²) >= 11 is 0. The van der Waals surface area contributed by atoms with E-state index in [-0.39, 0.29) is 18.0 Å². The quantitative estimate of drug-likeness (QED) is 0.812. The molecule has 1 saturated heterocycles. The summed E-state index contributed by atoms with van der Waals surface area (Å²) in [6.45, 7) is 6.73. The SMILES string of the molecule is CC(C)NC(=O)C(c1ccccc1)N1CCN(c2oc(C3CC3)nc2C#N)CC1. The van der Waals surface area contributed by atoms with Crippen LogP contribution in [-0.4, -0.2) is 48.0 Å². The van der Waals surface area contributed by atoms with Crippen molar-refractivity contribution in [1.82, 2.24) is 15.2 Å². The number of hydrogen-bond donors (Lipinski definition) is 1. The van der Waals surface area contributed by atoms with Gasteiger partial charge < -0.3 is 14.6 Å². The predicted octanol–water partition coefficient (Wildman–Crippen LogP) is 2.81. The fourth-order valence-corrected chi connectivity index (χ4v) is 3.83. The maximum absolute atomic E-state index is 13.0. The zero-order valence-corrected chi connectivity index (χ0v) is 17.0. The lowest BCUT2D eigenvalue weighted by Crippen LogP contribution is -2.51. The van der Waals surface area contributed by atoms with E-state index in [2.05, 4.69) is 26.2 Å². The molecule has 7 heteroatoms. The van der Waals surface area contributed by atoms with Crippen LogP contribution < -0.4 is 10.2 Å². The minimum Gasteiger partial charge on any atom is -0.423 e. The number of hydrogen-bond acceptors (Lipinski definition) is 6. The number of benzene rings is 1. The number of nitrogens with one attached hydrogen (secondary N) is 1. The molecule has 1 aliphatic carbocycles. The van der Waals surface area contributed by atoms with Crippen LogP contribution in [0.4, 0.5) is 5.88 Å². The van der Waals surface area contributed by atoms with Crippen LogP contribution in [0, 0.1) is 11.3 Å². The van der Waals surface area contributed by atoms with Gasteiger partial charge in [0.05, 0.1) is 0 Å². The van der Waals surface area contributed by atoms with Crippen LogP contribution in [0.15, 0.2) is 34.7 Å². The number of rotatable bonds is 6. The van der Waals surface area contributed by atoms with Gasteiger partial charge in [0.15, 0.2) is 0 Å². The van der Waals surface area contributed by atoms with Crippen molar-refractivity contribution in [2.75, 3.05) is 31.1 Å². The molecule has 7 nitrogen and oxygen atoms in total. The molecule has 2 fully saturated rings. The van der Waals surface area contributed by atoms with Gasteiger partial charge in [0.25, 0.3) is 0 Å². The summed E-state index contributed by atoms with van der Waals surface area (Å²) in [6, 6.07) is 11.8. The predicted molar refractivity (Wildman–Crippen MR) is 109 cm³/mol. The van der Waals surface area contributed by atoms with Crippen molar-refractivity contribution in [3.8, 4) is 6.07 Å². The average Bonchev–Trinajstić information content (AvgIpc) is 3.48. The van der Waals surface area contributed by atoms with Crippen LogP contribution in [0.2, 0.25) is 0 Å². The number of amides is 1. The van der Waals surface area contributed by atoms with Crippen molar-refractivity contribution in [2.45, 2.75) is 44.7 Å². The van der Waals surface area contributed by atoms with E-state index in [1.807, 2.05) is 44.2 Å². The van der Waals surface area contributed by atoms with Crippen LogP contribution in [0.25, 0.3) is 0 Å². The molecule has 1 aromatic heterocycles. The largest absolute Gasteiger partial charge is 0.423 e. The van der Waals surface area contributed by atoms with E-state index in [1.54, 1.807) is 0 Å². The topological polar surface area (TPSA) is 85.4 Å². The number of piperazine rings is 1. The fraction of sp³-hybridized carbons (Fsp3) is 0.500. The van der Waals surface area contributed by atoms with Crippen molar-refractivity contribution in [2.24, 2.45) is 0 Å². The van der Waals surface area contributed by atoms with Gasteiger partial charge in [-0.15, -0.1) is 0 Å². The molecule has 1 aromatic carbocycles. The standard InChI is InChI=1S/C22H27N5O2/c1-15(2)24-20(28)19(16-6-4-3-5-7-16)26-10-12-27(13-11-26)22-18(14-23)25-21(29-22)17-8-9-17/h3-7,15,17,19H,8-13H2,1-2H3,(H,24,28). The highest BCUT2D eigenvalue weighted by molar-refractivity contribution is 5.83. The summed E-state index contributed by atoms with van der Waals surface area (Å²) in [5.74, 6) is 1.67. The molecule has 1 unspecified atom stereocenters. The first-order chi connectivity index (χ1) is 14.1. The Morgan fingerprint density at radius 1 is 1.21 bits per heavy atom. The lowest BCUT2D eigenvalue weighted by atomic mass is 10.0. The summed E-state index contributed by atoms with van der Waals surface area (Å²) in [5, 5.41) is 12.5.